The number of nitrogens with one attached hydrogen (secondary N) is 1. The van der Waals surface area contributed by atoms with E-state index in [-0.39, 0.29) is 10.5 Å². The molecular formula is C24H28N2O4S. The van der Waals surface area contributed by atoms with Crippen LogP contribution >= 0.6 is 0 Å². The fourth-order valence-corrected chi connectivity index (χ4v) is 7.84. The largest absolute Gasteiger partial charge is 0.417 e. The molecule has 3 aromatic rings. The van der Waals surface area contributed by atoms with Gasteiger partial charge in [0.2, 0.25) is 0 Å². The Morgan fingerprint density at radius 3 is 2.52 bits per heavy atom. The van der Waals surface area contributed by atoms with Crippen LogP contribution in [0.15, 0.2) is 44.4 Å². The van der Waals surface area contributed by atoms with Crippen molar-refractivity contribution in [2.45, 2.75) is 75.6 Å². The number of aryl methyl sites for hydroxylation is 2. The molecule has 0 unspecified atom stereocenters. The minimum absolute atomic E-state index is 0.161. The van der Waals surface area contributed by atoms with Crippen LogP contribution in [0.1, 0.15) is 68.1 Å². The Labute approximate surface area is 182 Å². The van der Waals surface area contributed by atoms with Crippen molar-refractivity contribution in [1.29, 1.82) is 0 Å². The SMILES string of the molecule is Cc1ccc(C)c2c1[C@@H](C)CC1(CCCCC1)N2S(=O)(=O)c1ccc2[nH]c(=O)oc2c1. The van der Waals surface area contributed by atoms with E-state index in [1.807, 2.05) is 13.0 Å². The first-order valence-corrected chi connectivity index (χ1v) is 12.5. The number of anilines is 1. The molecule has 0 saturated heterocycles. The highest BCUT2D eigenvalue weighted by atomic mass is 32.2. The van der Waals surface area contributed by atoms with Gasteiger partial charge in [-0.05, 0) is 67.9 Å². The molecule has 1 atom stereocenters. The third-order valence-corrected chi connectivity index (χ3v) is 9.06. The van der Waals surface area contributed by atoms with Gasteiger partial charge in [0.05, 0.1) is 21.6 Å². The predicted molar refractivity (Wildman–Crippen MR) is 121 cm³/mol. The quantitative estimate of drug-likeness (QED) is 0.598. The summed E-state index contributed by atoms with van der Waals surface area (Å²) in [5, 5.41) is 0. The molecule has 1 fully saturated rings. The Morgan fingerprint density at radius 2 is 1.77 bits per heavy atom. The summed E-state index contributed by atoms with van der Waals surface area (Å²) in [4.78, 5) is 14.3. The van der Waals surface area contributed by atoms with Gasteiger partial charge in [0.25, 0.3) is 10.0 Å². The number of rotatable bonds is 2. The standard InChI is InChI=1S/C24H28N2O4S/c1-15-7-8-16(2)22-21(15)17(3)14-24(11-5-4-6-12-24)26(22)31(28,29)18-9-10-19-20(13-18)30-23(27)25-19/h7-10,13,17H,4-6,11-12,14H2,1-3H3,(H,25,27)/t17-/m0/s1. The second-order valence-corrected chi connectivity index (χ2v) is 11.1. The molecule has 1 aromatic heterocycles. The van der Waals surface area contributed by atoms with Gasteiger partial charge in [-0.3, -0.25) is 9.29 Å². The molecule has 164 valence electrons. The van der Waals surface area contributed by atoms with Crippen molar-refractivity contribution in [2.24, 2.45) is 0 Å². The van der Waals surface area contributed by atoms with Gasteiger partial charge in [-0.2, -0.15) is 0 Å². The lowest BCUT2D eigenvalue weighted by Crippen LogP contribution is -2.56. The van der Waals surface area contributed by atoms with E-state index in [1.165, 1.54) is 6.07 Å². The molecule has 0 radical (unpaired) electrons. The number of oxazole rings is 1. The van der Waals surface area contributed by atoms with Crippen LogP contribution in [-0.4, -0.2) is 18.9 Å². The molecule has 2 aliphatic rings. The zero-order chi connectivity index (χ0) is 22.0. The summed E-state index contributed by atoms with van der Waals surface area (Å²) >= 11 is 0. The Morgan fingerprint density at radius 1 is 1.06 bits per heavy atom. The molecule has 0 amide bonds. The van der Waals surface area contributed by atoms with Gasteiger partial charge in [-0.25, -0.2) is 13.2 Å². The fourth-order valence-electron chi connectivity index (χ4n) is 5.89. The number of sulfonamides is 1. The van der Waals surface area contributed by atoms with Crippen molar-refractivity contribution in [3.63, 3.8) is 0 Å². The van der Waals surface area contributed by atoms with E-state index in [9.17, 15) is 13.2 Å². The molecule has 2 aromatic carbocycles. The number of hydrogen-bond acceptors (Lipinski definition) is 4. The number of nitrogens with zero attached hydrogens (tertiary/aromatic N) is 1. The smallest absolute Gasteiger partial charge is 0.408 e. The number of fused-ring (bicyclic) bond motifs is 2. The van der Waals surface area contributed by atoms with Gasteiger partial charge in [-0.1, -0.05) is 38.3 Å². The van der Waals surface area contributed by atoms with Crippen LogP contribution in [0.4, 0.5) is 5.69 Å². The van der Waals surface area contributed by atoms with Gasteiger partial charge in [-0.15, -0.1) is 0 Å². The maximum absolute atomic E-state index is 14.2. The second kappa shape index (κ2) is 6.99. The zero-order valence-corrected chi connectivity index (χ0v) is 19.0. The number of hydrogen-bond donors (Lipinski definition) is 1. The highest BCUT2D eigenvalue weighted by Crippen LogP contribution is 2.53. The van der Waals surface area contributed by atoms with Crippen molar-refractivity contribution in [3.05, 3.63) is 57.6 Å². The minimum Gasteiger partial charge on any atom is -0.408 e. The fraction of sp³-hybridized carbons (Fsp3) is 0.458. The van der Waals surface area contributed by atoms with Crippen molar-refractivity contribution >= 4 is 26.8 Å². The van der Waals surface area contributed by atoms with E-state index in [4.69, 9.17) is 4.42 Å². The molecule has 1 aliphatic carbocycles. The lowest BCUT2D eigenvalue weighted by molar-refractivity contribution is 0.257. The summed E-state index contributed by atoms with van der Waals surface area (Å²) in [5.41, 5.74) is 4.42. The van der Waals surface area contributed by atoms with E-state index in [1.54, 1.807) is 16.4 Å². The Hall–Kier alpha value is -2.54. The molecular weight excluding hydrogens is 412 g/mol. The third-order valence-electron chi connectivity index (χ3n) is 7.16. The highest BCUT2D eigenvalue weighted by molar-refractivity contribution is 7.93. The molecule has 2 heterocycles. The van der Waals surface area contributed by atoms with E-state index in [0.717, 1.165) is 60.9 Å². The monoisotopic (exact) mass is 440 g/mol. The molecule has 5 rings (SSSR count). The van der Waals surface area contributed by atoms with Crippen LogP contribution in [0.2, 0.25) is 0 Å². The summed E-state index contributed by atoms with van der Waals surface area (Å²) in [6.45, 7) is 6.30. The molecule has 31 heavy (non-hydrogen) atoms. The van der Waals surface area contributed by atoms with Crippen LogP contribution < -0.4 is 10.1 Å². The van der Waals surface area contributed by atoms with Crippen LogP contribution in [0.3, 0.4) is 0 Å². The van der Waals surface area contributed by atoms with Crippen molar-refractivity contribution in [1.82, 2.24) is 4.98 Å². The van der Waals surface area contributed by atoms with Crippen molar-refractivity contribution < 1.29 is 12.8 Å². The van der Waals surface area contributed by atoms with Crippen LogP contribution in [0.25, 0.3) is 11.1 Å². The van der Waals surface area contributed by atoms with E-state index >= 15 is 0 Å². The van der Waals surface area contributed by atoms with E-state index in [0.29, 0.717) is 11.4 Å². The molecule has 1 saturated carbocycles. The summed E-state index contributed by atoms with van der Waals surface area (Å²) in [7, 11) is -3.87. The average molecular weight is 441 g/mol. The summed E-state index contributed by atoms with van der Waals surface area (Å²) in [5.74, 6) is -0.290. The summed E-state index contributed by atoms with van der Waals surface area (Å²) in [6, 6.07) is 8.77. The topological polar surface area (TPSA) is 83.4 Å². The van der Waals surface area contributed by atoms with E-state index < -0.39 is 21.3 Å². The van der Waals surface area contributed by atoms with E-state index in [2.05, 4.69) is 24.9 Å². The highest BCUT2D eigenvalue weighted by Gasteiger charge is 2.50. The number of aromatic nitrogens is 1. The number of benzene rings is 2. The first-order valence-electron chi connectivity index (χ1n) is 11.0. The maximum Gasteiger partial charge on any atom is 0.417 e. The second-order valence-electron chi connectivity index (χ2n) is 9.29. The van der Waals surface area contributed by atoms with Gasteiger partial charge < -0.3 is 4.42 Å². The minimum atomic E-state index is -3.87. The van der Waals surface area contributed by atoms with Crippen LogP contribution in [0.5, 0.6) is 0 Å². The molecule has 7 heteroatoms. The molecule has 1 aliphatic heterocycles. The predicted octanol–water partition coefficient (Wildman–Crippen LogP) is 5.14. The van der Waals surface area contributed by atoms with Gasteiger partial charge in [0.1, 0.15) is 0 Å². The van der Waals surface area contributed by atoms with Crippen LogP contribution in [-0.2, 0) is 10.0 Å². The van der Waals surface area contributed by atoms with Gasteiger partial charge in [0, 0.05) is 6.07 Å². The van der Waals surface area contributed by atoms with Crippen molar-refractivity contribution in [2.75, 3.05) is 4.31 Å². The molecule has 6 nitrogen and oxygen atoms in total. The Bertz CT molecular complexity index is 1330. The molecule has 1 spiro atoms. The third kappa shape index (κ3) is 3.04. The van der Waals surface area contributed by atoms with Gasteiger partial charge >= 0.3 is 5.76 Å². The summed E-state index contributed by atoms with van der Waals surface area (Å²) < 4.78 is 35.4. The molecule has 1 N–H and O–H groups in total. The first kappa shape index (κ1) is 20.4. The lowest BCUT2D eigenvalue weighted by Gasteiger charge is -2.52. The Kier molecular flexibility index (Phi) is 4.59. The van der Waals surface area contributed by atoms with Gasteiger partial charge in [0.15, 0.2) is 5.58 Å². The lowest BCUT2D eigenvalue weighted by atomic mass is 9.70. The first-order chi connectivity index (χ1) is 14.7. The molecule has 0 bridgehead atoms. The zero-order valence-electron chi connectivity index (χ0n) is 18.2. The number of H-pyrrole nitrogens is 1. The Balaban J connectivity index is 1.77. The van der Waals surface area contributed by atoms with Crippen molar-refractivity contribution in [3.8, 4) is 0 Å². The average Bonchev–Trinajstić information content (AvgIpc) is 3.10. The summed E-state index contributed by atoms with van der Waals surface area (Å²) in [6.07, 6.45) is 5.76. The number of aromatic amines is 1. The van der Waals surface area contributed by atoms with Crippen LogP contribution in [0, 0.1) is 13.8 Å². The normalized spacial score (nSPS) is 20.9. The maximum atomic E-state index is 14.2.